The van der Waals surface area contributed by atoms with Crippen molar-refractivity contribution in [1.82, 2.24) is 0 Å². The quantitative estimate of drug-likeness (QED) is 0.216. The van der Waals surface area contributed by atoms with Gasteiger partial charge in [0, 0.05) is 0 Å². The summed E-state index contributed by atoms with van der Waals surface area (Å²) < 4.78 is 0. The molecule has 0 nitrogen and oxygen atoms in total. The third-order valence-corrected chi connectivity index (χ3v) is 7.78. The molecule has 0 spiro atoms. The minimum atomic E-state index is 1.25. The van der Waals surface area contributed by atoms with Crippen LogP contribution in [0.15, 0.2) is 133 Å². The smallest absolute Gasteiger partial charge is 0.00266 e. The Bertz CT molecular complexity index is 2140. The molecule has 0 aliphatic rings. The van der Waals surface area contributed by atoms with Crippen molar-refractivity contribution in [3.05, 3.63) is 133 Å². The van der Waals surface area contributed by atoms with Crippen molar-refractivity contribution in [1.29, 1.82) is 0 Å². The molecule has 0 saturated carbocycles. The van der Waals surface area contributed by atoms with E-state index in [0.29, 0.717) is 0 Å². The molecule has 0 aliphatic carbocycles. The van der Waals surface area contributed by atoms with Crippen molar-refractivity contribution in [2.75, 3.05) is 0 Å². The zero-order valence-electron chi connectivity index (χ0n) is 19.7. The molecule has 0 amide bonds. The normalized spacial score (nSPS) is 11.9. The van der Waals surface area contributed by atoms with E-state index in [1.807, 2.05) is 0 Å². The highest BCUT2D eigenvalue weighted by atomic mass is 14.1. The van der Waals surface area contributed by atoms with E-state index in [9.17, 15) is 0 Å². The Morgan fingerprint density at radius 3 is 1.33 bits per heavy atom. The van der Waals surface area contributed by atoms with Crippen LogP contribution in [0.4, 0.5) is 0 Å². The van der Waals surface area contributed by atoms with E-state index in [0.717, 1.165) is 0 Å². The van der Waals surface area contributed by atoms with Gasteiger partial charge in [-0.05, 0) is 87.9 Å². The minimum Gasteiger partial charge on any atom is -0.0616 e. The van der Waals surface area contributed by atoms with Crippen molar-refractivity contribution < 1.29 is 0 Å². The minimum absolute atomic E-state index is 1.25. The first-order valence-electron chi connectivity index (χ1n) is 12.5. The van der Waals surface area contributed by atoms with Crippen molar-refractivity contribution in [2.24, 2.45) is 0 Å². The van der Waals surface area contributed by atoms with Crippen molar-refractivity contribution in [3.63, 3.8) is 0 Å². The van der Waals surface area contributed by atoms with E-state index in [1.165, 1.54) is 75.8 Å². The molecular formula is C36H22. The second-order valence-electron chi connectivity index (χ2n) is 9.77. The number of rotatable bonds is 1. The van der Waals surface area contributed by atoms with E-state index in [4.69, 9.17) is 0 Å². The predicted octanol–water partition coefficient (Wildman–Crippen LogP) is 10.3. The molecule has 0 heterocycles. The molecule has 0 N–H and O–H groups in total. The fourth-order valence-electron chi connectivity index (χ4n) is 6.02. The SMILES string of the molecule is c1ccc2c(c1)ccc1ccc3cc(-c4ccc5ccc6ccc7ccccc7c6c5c4)ccc3c12. The maximum atomic E-state index is 2.38. The molecule has 0 aromatic heterocycles. The highest BCUT2D eigenvalue weighted by molar-refractivity contribution is 6.22. The van der Waals surface area contributed by atoms with Crippen LogP contribution in [0.1, 0.15) is 0 Å². The Balaban J connectivity index is 1.39. The predicted molar refractivity (Wildman–Crippen MR) is 157 cm³/mol. The highest BCUT2D eigenvalue weighted by Gasteiger charge is 2.10. The average Bonchev–Trinajstić information content (AvgIpc) is 2.95. The molecule has 0 radical (unpaired) electrons. The summed E-state index contributed by atoms with van der Waals surface area (Å²) in [5.74, 6) is 0. The Morgan fingerprint density at radius 1 is 0.250 bits per heavy atom. The summed E-state index contributed by atoms with van der Waals surface area (Å²) >= 11 is 0. The second-order valence-corrected chi connectivity index (χ2v) is 9.77. The molecule has 0 unspecified atom stereocenters. The third kappa shape index (κ3) is 2.82. The van der Waals surface area contributed by atoms with Crippen molar-refractivity contribution in [3.8, 4) is 11.1 Å². The lowest BCUT2D eigenvalue weighted by atomic mass is 9.92. The third-order valence-electron chi connectivity index (χ3n) is 7.78. The van der Waals surface area contributed by atoms with Gasteiger partial charge < -0.3 is 0 Å². The van der Waals surface area contributed by atoms with Gasteiger partial charge in [-0.25, -0.2) is 0 Å². The van der Waals surface area contributed by atoms with Crippen molar-refractivity contribution in [2.45, 2.75) is 0 Å². The summed E-state index contributed by atoms with van der Waals surface area (Å²) in [6.45, 7) is 0. The Kier molecular flexibility index (Phi) is 4.03. The maximum Gasteiger partial charge on any atom is -0.00266 e. The number of benzene rings is 8. The molecule has 0 aliphatic heterocycles. The molecule has 0 heteroatoms. The van der Waals surface area contributed by atoms with Crippen LogP contribution in [0.25, 0.3) is 75.8 Å². The number of hydrogen-bond donors (Lipinski definition) is 0. The molecular weight excluding hydrogens is 432 g/mol. The summed E-state index contributed by atoms with van der Waals surface area (Å²) in [4.78, 5) is 0. The maximum absolute atomic E-state index is 2.38. The van der Waals surface area contributed by atoms with Gasteiger partial charge in [0.15, 0.2) is 0 Å². The summed E-state index contributed by atoms with van der Waals surface area (Å²) in [7, 11) is 0. The van der Waals surface area contributed by atoms with Crippen LogP contribution < -0.4 is 0 Å². The largest absolute Gasteiger partial charge is 0.0616 e. The standard InChI is InChI=1S/C36H22/c1-3-7-31-23(5-1)9-13-26-16-18-30-21-28(19-20-33(30)35(26)31)29-17-12-25-11-15-27-14-10-24-6-2-4-8-32(24)36(27)34(25)22-29/h1-22H. The molecule has 36 heavy (non-hydrogen) atoms. The molecule has 8 rings (SSSR count). The molecule has 0 saturated heterocycles. The van der Waals surface area contributed by atoms with Crippen LogP contribution in [0.2, 0.25) is 0 Å². The van der Waals surface area contributed by atoms with Crippen LogP contribution >= 0.6 is 0 Å². The first-order chi connectivity index (χ1) is 17.8. The van der Waals surface area contributed by atoms with Gasteiger partial charge in [0.25, 0.3) is 0 Å². The topological polar surface area (TPSA) is 0 Å². The number of hydrogen-bond acceptors (Lipinski definition) is 0. The average molecular weight is 455 g/mol. The van der Waals surface area contributed by atoms with E-state index in [-0.39, 0.29) is 0 Å². The molecule has 166 valence electrons. The van der Waals surface area contributed by atoms with Gasteiger partial charge in [0.05, 0.1) is 0 Å². The zero-order chi connectivity index (χ0) is 23.6. The van der Waals surface area contributed by atoms with Crippen molar-refractivity contribution >= 4 is 64.6 Å². The van der Waals surface area contributed by atoms with Gasteiger partial charge in [-0.3, -0.25) is 0 Å². The Morgan fingerprint density at radius 2 is 0.667 bits per heavy atom. The van der Waals surface area contributed by atoms with Crippen LogP contribution in [0, 0.1) is 0 Å². The highest BCUT2D eigenvalue weighted by Crippen LogP contribution is 2.37. The van der Waals surface area contributed by atoms with Gasteiger partial charge in [-0.2, -0.15) is 0 Å². The molecule has 0 bridgehead atoms. The molecule has 8 aromatic rings. The second kappa shape index (κ2) is 7.41. The summed E-state index contributed by atoms with van der Waals surface area (Å²) in [5, 5.41) is 15.6. The fraction of sp³-hybridized carbons (Fsp3) is 0. The lowest BCUT2D eigenvalue weighted by molar-refractivity contribution is 1.69. The molecule has 8 aromatic carbocycles. The molecule has 0 atom stereocenters. The zero-order valence-corrected chi connectivity index (χ0v) is 19.7. The van der Waals surface area contributed by atoms with E-state index < -0.39 is 0 Å². The first-order valence-corrected chi connectivity index (χ1v) is 12.5. The van der Waals surface area contributed by atoms with Crippen LogP contribution in [0.3, 0.4) is 0 Å². The van der Waals surface area contributed by atoms with E-state index in [2.05, 4.69) is 133 Å². The first kappa shape index (κ1) is 19.6. The van der Waals surface area contributed by atoms with Crippen LogP contribution in [-0.4, -0.2) is 0 Å². The Labute approximate surface area is 209 Å². The summed E-state index contributed by atoms with van der Waals surface area (Å²) in [6.07, 6.45) is 0. The summed E-state index contributed by atoms with van der Waals surface area (Å²) in [5.41, 5.74) is 2.50. The van der Waals surface area contributed by atoms with Crippen LogP contribution in [0.5, 0.6) is 0 Å². The summed E-state index contributed by atoms with van der Waals surface area (Å²) in [6, 6.07) is 49.2. The van der Waals surface area contributed by atoms with Crippen LogP contribution in [-0.2, 0) is 0 Å². The lowest BCUT2D eigenvalue weighted by Crippen LogP contribution is -1.85. The molecule has 0 fully saturated rings. The monoisotopic (exact) mass is 454 g/mol. The van der Waals surface area contributed by atoms with E-state index >= 15 is 0 Å². The fourth-order valence-corrected chi connectivity index (χ4v) is 6.02. The van der Waals surface area contributed by atoms with E-state index in [1.54, 1.807) is 0 Å². The Hall–Kier alpha value is -4.68. The lowest BCUT2D eigenvalue weighted by Gasteiger charge is -2.12. The number of fused-ring (bicyclic) bond motifs is 10. The van der Waals surface area contributed by atoms with Gasteiger partial charge in [-0.1, -0.05) is 121 Å². The van der Waals surface area contributed by atoms with Gasteiger partial charge in [0.2, 0.25) is 0 Å². The van der Waals surface area contributed by atoms with Gasteiger partial charge in [-0.15, -0.1) is 0 Å². The van der Waals surface area contributed by atoms with Gasteiger partial charge >= 0.3 is 0 Å². The van der Waals surface area contributed by atoms with Gasteiger partial charge in [0.1, 0.15) is 0 Å².